The number of hydrogen-bond acceptors (Lipinski definition) is 11. The van der Waals surface area contributed by atoms with E-state index in [2.05, 4.69) is 70.6 Å². The Labute approximate surface area is 410 Å². The zero-order valence-corrected chi connectivity index (χ0v) is 44.2. The number of hydrogen-bond donors (Lipinski definition) is 3. The SMILES string of the molecule is CC1CCC(=O)NC1=O.CCC(C)C(=O)c1cc(C)ccc1C(C)=O.CCC(C)CC(CC)CN1CCC(c2cc(OC)c(Nc3ncc(Cl)c(Nc4ccccc4P(C)(C)=O)n3)cc2C)CC1. The highest BCUT2D eigenvalue weighted by molar-refractivity contribution is 7.70. The third kappa shape index (κ3) is 16.1. The molecular weight excluding hydrogens is 895 g/mol. The summed E-state index contributed by atoms with van der Waals surface area (Å²) in [6.45, 7) is 25.3. The Morgan fingerprint density at radius 2 is 1.62 bits per heavy atom. The van der Waals surface area contributed by atoms with Crippen LogP contribution in [-0.4, -0.2) is 78.3 Å². The van der Waals surface area contributed by atoms with Gasteiger partial charge in [-0.15, -0.1) is 0 Å². The topological polar surface area (TPSA) is 160 Å². The van der Waals surface area contributed by atoms with Crippen molar-refractivity contribution in [3.63, 3.8) is 0 Å². The minimum Gasteiger partial charge on any atom is -0.495 e. The van der Waals surface area contributed by atoms with Crippen LogP contribution in [0.1, 0.15) is 143 Å². The van der Waals surface area contributed by atoms with Gasteiger partial charge in [-0.3, -0.25) is 24.5 Å². The molecule has 4 atom stereocenters. The predicted molar refractivity (Wildman–Crippen MR) is 280 cm³/mol. The number of ether oxygens (including phenoxy) is 1. The van der Waals surface area contributed by atoms with Crippen LogP contribution in [0.2, 0.25) is 5.02 Å². The highest BCUT2D eigenvalue weighted by Gasteiger charge is 2.26. The molecule has 0 bridgehead atoms. The fraction of sp³-hybridized carbons (Fsp3) is 0.519. The third-order valence-corrected chi connectivity index (χ3v) is 15.1. The molecule has 2 saturated heterocycles. The van der Waals surface area contributed by atoms with Gasteiger partial charge in [0.1, 0.15) is 17.9 Å². The Hall–Kier alpha value is -4.90. The van der Waals surface area contributed by atoms with Crippen LogP contribution in [0, 0.1) is 37.5 Å². The van der Waals surface area contributed by atoms with Crippen molar-refractivity contribution in [2.24, 2.45) is 23.7 Å². The summed E-state index contributed by atoms with van der Waals surface area (Å²) in [5.74, 6) is 3.44. The molecule has 2 amide bonds. The molecule has 14 heteroatoms. The zero-order chi connectivity index (χ0) is 50.3. The van der Waals surface area contributed by atoms with Gasteiger partial charge in [-0.1, -0.05) is 95.8 Å². The van der Waals surface area contributed by atoms with E-state index in [4.69, 9.17) is 16.3 Å². The Morgan fingerprint density at radius 3 is 2.21 bits per heavy atom. The smallest absolute Gasteiger partial charge is 0.229 e. The Kier molecular flexibility index (Phi) is 21.4. The summed E-state index contributed by atoms with van der Waals surface area (Å²) in [6, 6.07) is 17.3. The molecule has 0 radical (unpaired) electrons. The molecule has 2 aliphatic heterocycles. The van der Waals surface area contributed by atoms with E-state index in [0.29, 0.717) is 52.4 Å². The fourth-order valence-corrected chi connectivity index (χ4v) is 9.84. The van der Waals surface area contributed by atoms with E-state index in [1.165, 1.54) is 43.9 Å². The number of Topliss-reactive ketones (excluding diaryl/α,β-unsaturated/α-hetero) is 2. The number of ketones is 2. The van der Waals surface area contributed by atoms with E-state index in [1.54, 1.807) is 32.7 Å². The summed E-state index contributed by atoms with van der Waals surface area (Å²) in [5, 5.41) is 9.97. The van der Waals surface area contributed by atoms with Crippen molar-refractivity contribution in [2.45, 2.75) is 120 Å². The van der Waals surface area contributed by atoms with Crippen LogP contribution in [0.15, 0.2) is 60.8 Å². The predicted octanol–water partition coefficient (Wildman–Crippen LogP) is 12.3. The zero-order valence-electron chi connectivity index (χ0n) is 42.6. The molecule has 6 rings (SSSR count). The van der Waals surface area contributed by atoms with Crippen molar-refractivity contribution in [1.29, 1.82) is 0 Å². The normalized spacial score (nSPS) is 16.8. The number of imide groups is 1. The van der Waals surface area contributed by atoms with Gasteiger partial charge < -0.3 is 24.8 Å². The van der Waals surface area contributed by atoms with Crippen LogP contribution in [0.25, 0.3) is 0 Å². The number of aryl methyl sites for hydroxylation is 2. The maximum atomic E-state index is 12.8. The number of methoxy groups -OCH3 is 1. The second-order valence-corrected chi connectivity index (χ2v) is 22.7. The average Bonchev–Trinajstić information content (AvgIpc) is 3.31. The molecule has 3 heterocycles. The molecule has 2 fully saturated rings. The van der Waals surface area contributed by atoms with Gasteiger partial charge >= 0.3 is 0 Å². The largest absolute Gasteiger partial charge is 0.495 e. The minimum absolute atomic E-state index is 0.0164. The van der Waals surface area contributed by atoms with Crippen molar-refractivity contribution in [3.8, 4) is 5.75 Å². The maximum absolute atomic E-state index is 12.8. The number of likely N-dealkylation sites (tertiary alicyclic amines) is 1. The Bertz CT molecular complexity index is 2410. The number of amides is 2. The number of para-hydroxylation sites is 1. The second-order valence-electron chi connectivity index (χ2n) is 19.1. The maximum Gasteiger partial charge on any atom is 0.229 e. The molecule has 4 aromatic rings. The van der Waals surface area contributed by atoms with E-state index in [1.807, 2.05) is 64.1 Å². The molecule has 4 unspecified atom stereocenters. The monoisotopic (exact) mass is 971 g/mol. The van der Waals surface area contributed by atoms with E-state index in [-0.39, 0.29) is 35.2 Å². The lowest BCUT2D eigenvalue weighted by Crippen LogP contribution is -2.39. The molecular formula is C54H76ClN6O6P. The first-order chi connectivity index (χ1) is 32.2. The number of piperidine rings is 2. The van der Waals surface area contributed by atoms with E-state index >= 15 is 0 Å². The van der Waals surface area contributed by atoms with Gasteiger partial charge in [0.25, 0.3) is 0 Å². The van der Waals surface area contributed by atoms with Crippen LogP contribution in [-0.2, 0) is 14.2 Å². The van der Waals surface area contributed by atoms with Crippen LogP contribution >= 0.6 is 18.7 Å². The number of nitrogens with one attached hydrogen (secondary N) is 3. The summed E-state index contributed by atoms with van der Waals surface area (Å²) in [4.78, 5) is 56.4. The van der Waals surface area contributed by atoms with Gasteiger partial charge in [-0.25, -0.2) is 4.98 Å². The van der Waals surface area contributed by atoms with Crippen molar-refractivity contribution in [1.82, 2.24) is 20.2 Å². The third-order valence-electron chi connectivity index (χ3n) is 13.3. The first-order valence-corrected chi connectivity index (χ1v) is 27.3. The molecule has 0 spiro atoms. The second kappa shape index (κ2) is 26.2. The number of nitrogens with zero attached hydrogens (tertiary/aromatic N) is 3. The minimum atomic E-state index is -2.51. The number of halogens is 1. The first kappa shape index (κ1) is 55.7. The Balaban J connectivity index is 0.000000327. The fourth-order valence-electron chi connectivity index (χ4n) is 8.54. The van der Waals surface area contributed by atoms with Crippen molar-refractivity contribution in [3.05, 3.63) is 93.6 Å². The van der Waals surface area contributed by atoms with Crippen LogP contribution < -0.4 is 26.0 Å². The quantitative estimate of drug-likeness (QED) is 0.0525. The first-order valence-electron chi connectivity index (χ1n) is 24.3. The number of rotatable bonds is 17. The van der Waals surface area contributed by atoms with E-state index < -0.39 is 7.14 Å². The van der Waals surface area contributed by atoms with Crippen LogP contribution in [0.4, 0.5) is 23.1 Å². The number of carbonyl (C=O) groups is 4. The molecule has 12 nitrogen and oxygen atoms in total. The number of aromatic nitrogens is 2. The van der Waals surface area contributed by atoms with Gasteiger partial charge in [-0.05, 0) is 139 Å². The highest BCUT2D eigenvalue weighted by atomic mass is 35.5. The van der Waals surface area contributed by atoms with Gasteiger partial charge in [0, 0.05) is 41.2 Å². The highest BCUT2D eigenvalue weighted by Crippen LogP contribution is 2.40. The van der Waals surface area contributed by atoms with Gasteiger partial charge in [0.05, 0.1) is 24.7 Å². The van der Waals surface area contributed by atoms with Crippen LogP contribution in [0.3, 0.4) is 0 Å². The van der Waals surface area contributed by atoms with E-state index in [9.17, 15) is 23.7 Å². The van der Waals surface area contributed by atoms with Gasteiger partial charge in [0.2, 0.25) is 17.8 Å². The number of carbonyl (C=O) groups excluding carboxylic acids is 4. The number of benzene rings is 3. The molecule has 68 heavy (non-hydrogen) atoms. The molecule has 2 aliphatic rings. The molecule has 1 aromatic heterocycles. The number of anilines is 4. The summed E-state index contributed by atoms with van der Waals surface area (Å²) in [6.07, 6.45) is 9.74. The lowest BCUT2D eigenvalue weighted by Gasteiger charge is -2.35. The summed E-state index contributed by atoms with van der Waals surface area (Å²) < 4.78 is 18.7. The van der Waals surface area contributed by atoms with Crippen molar-refractivity contribution >= 4 is 70.6 Å². The van der Waals surface area contributed by atoms with Gasteiger partial charge in [-0.2, -0.15) is 4.98 Å². The Morgan fingerprint density at radius 1 is 0.926 bits per heavy atom. The average molecular weight is 972 g/mol. The summed E-state index contributed by atoms with van der Waals surface area (Å²) in [5.41, 5.74) is 6.22. The van der Waals surface area contributed by atoms with Crippen LogP contribution in [0.5, 0.6) is 5.75 Å². The van der Waals surface area contributed by atoms with E-state index in [0.717, 1.165) is 66.5 Å². The molecule has 0 aliphatic carbocycles. The van der Waals surface area contributed by atoms with Gasteiger partial charge in [0.15, 0.2) is 17.4 Å². The lowest BCUT2D eigenvalue weighted by molar-refractivity contribution is -0.135. The lowest BCUT2D eigenvalue weighted by atomic mass is 9.85. The molecule has 3 aromatic carbocycles. The summed E-state index contributed by atoms with van der Waals surface area (Å²) >= 11 is 6.47. The molecule has 370 valence electrons. The molecule has 0 saturated carbocycles. The molecule has 3 N–H and O–H groups in total. The summed E-state index contributed by atoms with van der Waals surface area (Å²) in [7, 11) is -0.810. The van der Waals surface area contributed by atoms with Crippen molar-refractivity contribution < 1.29 is 28.5 Å². The van der Waals surface area contributed by atoms with Crippen molar-refractivity contribution in [2.75, 3.05) is 50.7 Å². The standard InChI is InChI=1S/C34H49ClN5O2P.C14H18O2.C6H9NO2/c1-8-23(3)18-25(9-2)22-40-16-14-26(15-17-40)27-20-31(42-5)30(19-24(27)4)38-34-36-21-28(35)33(39-34)37-29-12-10-11-13-32(29)43(6,7)41;1-5-10(3)14(16)13-8-9(2)6-7-12(13)11(4)15;1-4-2-3-5(8)7-6(4)9/h10-13,19-21,23,25-26H,8-9,14-18,22H2,1-7H3,(H2,36,37,38,39);6-8,10H,5H2,1-4H3;4H,2-3H2,1H3,(H,7,8,9).